The van der Waals surface area contributed by atoms with Gasteiger partial charge in [0.1, 0.15) is 6.04 Å². The van der Waals surface area contributed by atoms with Gasteiger partial charge in [0.2, 0.25) is 15.9 Å². The van der Waals surface area contributed by atoms with Crippen molar-refractivity contribution in [2.24, 2.45) is 5.92 Å². The van der Waals surface area contributed by atoms with Gasteiger partial charge in [-0.25, -0.2) is 8.42 Å². The summed E-state index contributed by atoms with van der Waals surface area (Å²) in [5, 5.41) is 7.40. The van der Waals surface area contributed by atoms with Gasteiger partial charge in [-0.05, 0) is 49.3 Å². The number of sulfonamides is 1. The Kier molecular flexibility index (Phi) is 7.64. The number of nitrogens with one attached hydrogen (secondary N) is 2. The Hall–Kier alpha value is -2.49. The Balaban J connectivity index is 1.70. The van der Waals surface area contributed by atoms with Gasteiger partial charge in [0.25, 0.3) is 5.91 Å². The van der Waals surface area contributed by atoms with Gasteiger partial charge in [-0.15, -0.1) is 17.9 Å². The highest BCUT2D eigenvalue weighted by Crippen LogP contribution is 2.26. The molecule has 2 amide bonds. The summed E-state index contributed by atoms with van der Waals surface area (Å²) in [6, 6.07) is 9.53. The van der Waals surface area contributed by atoms with Crippen molar-refractivity contribution >= 4 is 33.2 Å². The quantitative estimate of drug-likeness (QED) is 0.591. The summed E-state index contributed by atoms with van der Waals surface area (Å²) in [4.78, 5) is 26.1. The van der Waals surface area contributed by atoms with Crippen LogP contribution < -0.4 is 10.6 Å². The molecule has 0 spiro atoms. The van der Waals surface area contributed by atoms with E-state index in [0.29, 0.717) is 37.4 Å². The lowest BCUT2D eigenvalue weighted by Crippen LogP contribution is -2.53. The van der Waals surface area contributed by atoms with Crippen LogP contribution >= 0.6 is 11.3 Å². The highest BCUT2D eigenvalue weighted by atomic mass is 32.2. The van der Waals surface area contributed by atoms with Crippen LogP contribution in [-0.4, -0.2) is 50.2 Å². The molecule has 31 heavy (non-hydrogen) atoms. The smallest absolute Gasteiger partial charge is 0.262 e. The number of carbonyl (C=O) groups is 2. The molecule has 1 aliphatic rings. The average molecular weight is 462 g/mol. The van der Waals surface area contributed by atoms with Crippen molar-refractivity contribution < 1.29 is 18.0 Å². The molecule has 0 saturated carbocycles. The highest BCUT2D eigenvalue weighted by Gasteiger charge is 2.36. The monoisotopic (exact) mass is 461 g/mol. The second kappa shape index (κ2) is 10.2. The summed E-state index contributed by atoms with van der Waals surface area (Å²) in [6.45, 7) is 6.39. The molecule has 0 radical (unpaired) electrons. The standard InChI is InChI=1S/C22H27N3O4S2/c1-3-12-23-22(27)20(24-21(26)19-5-4-15-30-19)17-10-13-25(14-11-17)31(28,29)18-8-6-16(2)7-9-18/h3-9,15,17,20H,1,10-14H2,2H3,(H,23,27)(H,24,26). The van der Waals surface area contributed by atoms with E-state index >= 15 is 0 Å². The number of hydrogen-bond donors (Lipinski definition) is 2. The molecule has 1 fully saturated rings. The van der Waals surface area contributed by atoms with Crippen LogP contribution in [0, 0.1) is 12.8 Å². The minimum Gasteiger partial charge on any atom is -0.351 e. The molecule has 2 N–H and O–H groups in total. The Morgan fingerprint density at radius 3 is 2.48 bits per heavy atom. The second-order valence-corrected chi connectivity index (χ2v) is 10.4. The van der Waals surface area contributed by atoms with Gasteiger partial charge >= 0.3 is 0 Å². The van der Waals surface area contributed by atoms with E-state index < -0.39 is 16.1 Å². The minimum atomic E-state index is -3.59. The molecule has 9 heteroatoms. The molecule has 7 nitrogen and oxygen atoms in total. The highest BCUT2D eigenvalue weighted by molar-refractivity contribution is 7.89. The Bertz CT molecular complexity index is 1010. The zero-order valence-corrected chi connectivity index (χ0v) is 19.0. The van der Waals surface area contributed by atoms with Gasteiger partial charge in [-0.1, -0.05) is 29.8 Å². The molecule has 1 saturated heterocycles. The maximum Gasteiger partial charge on any atom is 0.262 e. The van der Waals surface area contributed by atoms with E-state index in [0.717, 1.165) is 5.56 Å². The first-order valence-electron chi connectivity index (χ1n) is 10.1. The molecule has 2 heterocycles. The van der Waals surface area contributed by atoms with Gasteiger partial charge in [0, 0.05) is 19.6 Å². The van der Waals surface area contributed by atoms with Gasteiger partial charge < -0.3 is 10.6 Å². The van der Waals surface area contributed by atoms with Crippen molar-refractivity contribution in [2.75, 3.05) is 19.6 Å². The summed E-state index contributed by atoms with van der Waals surface area (Å²) in [5.41, 5.74) is 0.993. The summed E-state index contributed by atoms with van der Waals surface area (Å²) in [6.07, 6.45) is 2.52. The summed E-state index contributed by atoms with van der Waals surface area (Å²) < 4.78 is 27.4. The number of thiophene rings is 1. The topological polar surface area (TPSA) is 95.6 Å². The summed E-state index contributed by atoms with van der Waals surface area (Å²) in [5.74, 6) is -0.758. The lowest BCUT2D eigenvalue weighted by atomic mass is 9.89. The van der Waals surface area contributed by atoms with Gasteiger partial charge in [-0.2, -0.15) is 4.31 Å². The fraction of sp³-hybridized carbons (Fsp3) is 0.364. The van der Waals surface area contributed by atoms with Crippen molar-refractivity contribution in [2.45, 2.75) is 30.7 Å². The lowest BCUT2D eigenvalue weighted by molar-refractivity contribution is -0.124. The molecule has 2 aromatic rings. The number of amides is 2. The number of carbonyl (C=O) groups excluding carboxylic acids is 2. The van der Waals surface area contributed by atoms with E-state index in [9.17, 15) is 18.0 Å². The predicted octanol–water partition coefficient (Wildman–Crippen LogP) is 2.56. The molecule has 1 aromatic heterocycles. The van der Waals surface area contributed by atoms with Crippen LogP contribution in [0.4, 0.5) is 0 Å². The molecular formula is C22H27N3O4S2. The van der Waals surface area contributed by atoms with E-state index in [1.807, 2.05) is 6.92 Å². The van der Waals surface area contributed by atoms with Crippen molar-refractivity contribution in [1.82, 2.24) is 14.9 Å². The molecule has 3 rings (SSSR count). The van der Waals surface area contributed by atoms with E-state index in [2.05, 4.69) is 17.2 Å². The number of aryl methyl sites for hydroxylation is 1. The number of rotatable bonds is 8. The molecule has 1 atom stereocenters. The first-order chi connectivity index (χ1) is 14.8. The average Bonchev–Trinajstić information content (AvgIpc) is 3.31. The van der Waals surface area contributed by atoms with Crippen molar-refractivity contribution in [3.8, 4) is 0 Å². The van der Waals surface area contributed by atoms with E-state index in [-0.39, 0.29) is 22.6 Å². The first-order valence-corrected chi connectivity index (χ1v) is 12.4. The van der Waals surface area contributed by atoms with Crippen LogP contribution in [0.15, 0.2) is 59.3 Å². The zero-order valence-electron chi connectivity index (χ0n) is 17.4. The third kappa shape index (κ3) is 5.61. The summed E-state index contributed by atoms with van der Waals surface area (Å²) >= 11 is 1.30. The van der Waals surface area contributed by atoms with Crippen molar-refractivity contribution in [3.63, 3.8) is 0 Å². The fourth-order valence-corrected chi connectivity index (χ4v) is 5.71. The number of nitrogens with zero attached hydrogens (tertiary/aromatic N) is 1. The minimum absolute atomic E-state index is 0.168. The second-order valence-electron chi connectivity index (χ2n) is 7.52. The fourth-order valence-electron chi connectivity index (χ4n) is 3.61. The molecule has 0 aliphatic carbocycles. The largest absolute Gasteiger partial charge is 0.351 e. The van der Waals surface area contributed by atoms with Crippen LogP contribution in [0.1, 0.15) is 28.1 Å². The molecular weight excluding hydrogens is 434 g/mol. The maximum absolute atomic E-state index is 13.0. The van der Waals surface area contributed by atoms with Gasteiger partial charge in [0.05, 0.1) is 9.77 Å². The first kappa shape index (κ1) is 23.2. The summed E-state index contributed by atoms with van der Waals surface area (Å²) in [7, 11) is -3.59. The van der Waals surface area contributed by atoms with Crippen molar-refractivity contribution in [1.29, 1.82) is 0 Å². The Morgan fingerprint density at radius 2 is 1.90 bits per heavy atom. The van der Waals surface area contributed by atoms with Crippen LogP contribution in [-0.2, 0) is 14.8 Å². The molecule has 166 valence electrons. The normalized spacial score (nSPS) is 16.4. The van der Waals surface area contributed by atoms with Crippen LogP contribution in [0.5, 0.6) is 0 Å². The molecule has 1 aromatic carbocycles. The van der Waals surface area contributed by atoms with E-state index in [1.165, 1.54) is 15.6 Å². The molecule has 0 bridgehead atoms. The SMILES string of the molecule is C=CCNC(=O)C(NC(=O)c1cccs1)C1CCN(S(=O)(=O)c2ccc(C)cc2)CC1. The van der Waals surface area contributed by atoms with Crippen LogP contribution in [0.2, 0.25) is 0 Å². The Labute approximate surface area is 187 Å². The number of benzene rings is 1. The third-order valence-electron chi connectivity index (χ3n) is 5.36. The van der Waals surface area contributed by atoms with Gasteiger partial charge in [0.15, 0.2) is 0 Å². The van der Waals surface area contributed by atoms with E-state index in [1.54, 1.807) is 47.9 Å². The maximum atomic E-state index is 13.0. The number of hydrogen-bond acceptors (Lipinski definition) is 5. The zero-order chi connectivity index (χ0) is 22.4. The van der Waals surface area contributed by atoms with Gasteiger partial charge in [-0.3, -0.25) is 9.59 Å². The number of piperidine rings is 1. The van der Waals surface area contributed by atoms with Crippen LogP contribution in [0.25, 0.3) is 0 Å². The molecule has 1 unspecified atom stereocenters. The van der Waals surface area contributed by atoms with Crippen LogP contribution in [0.3, 0.4) is 0 Å². The lowest BCUT2D eigenvalue weighted by Gasteiger charge is -2.35. The third-order valence-corrected chi connectivity index (χ3v) is 8.14. The molecule has 1 aliphatic heterocycles. The predicted molar refractivity (Wildman–Crippen MR) is 121 cm³/mol. The van der Waals surface area contributed by atoms with Crippen molar-refractivity contribution in [3.05, 3.63) is 64.9 Å². The van der Waals surface area contributed by atoms with E-state index in [4.69, 9.17) is 0 Å². The Morgan fingerprint density at radius 1 is 1.23 bits per heavy atom.